The molecule has 0 N–H and O–H groups in total. The predicted molar refractivity (Wildman–Crippen MR) is 81.4 cm³/mol. The Balaban J connectivity index is 2.17. The van der Waals surface area contributed by atoms with Crippen molar-refractivity contribution in [3.63, 3.8) is 0 Å². The summed E-state index contributed by atoms with van der Waals surface area (Å²) in [6.07, 6.45) is -4.61. The number of halogens is 3. The Bertz CT molecular complexity index is 712. The fourth-order valence-electron chi connectivity index (χ4n) is 2.38. The first-order chi connectivity index (χ1) is 11.3. The summed E-state index contributed by atoms with van der Waals surface area (Å²) >= 11 is 0. The quantitative estimate of drug-likeness (QED) is 0.447. The molecule has 0 heterocycles. The van der Waals surface area contributed by atoms with E-state index in [1.54, 1.807) is 30.3 Å². The molecule has 0 radical (unpaired) electrons. The third kappa shape index (κ3) is 4.65. The molecule has 2 rings (SSSR count). The van der Waals surface area contributed by atoms with Gasteiger partial charge in [-0.3, -0.25) is 14.9 Å². The van der Waals surface area contributed by atoms with E-state index in [-0.39, 0.29) is 12.0 Å². The minimum atomic E-state index is -4.47. The molecule has 0 saturated heterocycles. The smallest absolute Gasteiger partial charge is 0.294 e. The Morgan fingerprint density at radius 2 is 1.62 bits per heavy atom. The van der Waals surface area contributed by atoms with E-state index < -0.39 is 34.9 Å². The van der Waals surface area contributed by atoms with Gasteiger partial charge in [0.15, 0.2) is 5.78 Å². The first-order valence-electron chi connectivity index (χ1n) is 7.14. The minimum Gasteiger partial charge on any atom is -0.294 e. The number of Topliss-reactive ketones (excluding diaryl/α,β-unsaturated/α-hetero) is 1. The molecule has 0 unspecified atom stereocenters. The average molecular weight is 337 g/mol. The first kappa shape index (κ1) is 17.7. The van der Waals surface area contributed by atoms with E-state index in [2.05, 4.69) is 0 Å². The van der Waals surface area contributed by atoms with Crippen molar-refractivity contribution in [2.24, 2.45) is 0 Å². The van der Waals surface area contributed by atoms with Gasteiger partial charge in [0.2, 0.25) is 6.54 Å². The van der Waals surface area contributed by atoms with Crippen LogP contribution in [0.3, 0.4) is 0 Å². The number of hydrogen-bond acceptors (Lipinski definition) is 3. The Hall–Kier alpha value is -2.70. The predicted octanol–water partition coefficient (Wildman–Crippen LogP) is 4.34. The second-order valence-corrected chi connectivity index (χ2v) is 5.33. The average Bonchev–Trinajstić information content (AvgIpc) is 2.54. The summed E-state index contributed by atoms with van der Waals surface area (Å²) in [7, 11) is 0. The standard InChI is InChI=1S/C17H14F3NO3/c18-17(19,20)15-8-6-13(7-9-15)16(22)10-14(11-21(23)24)12-4-2-1-3-5-12/h1-9,14H,10-11H2/t14-/m1/s1. The lowest BCUT2D eigenvalue weighted by Crippen LogP contribution is -2.17. The van der Waals surface area contributed by atoms with Gasteiger partial charge in [0.25, 0.3) is 0 Å². The molecule has 0 spiro atoms. The molecule has 1 atom stereocenters. The highest BCUT2D eigenvalue weighted by molar-refractivity contribution is 5.96. The van der Waals surface area contributed by atoms with Crippen molar-refractivity contribution in [3.05, 3.63) is 81.4 Å². The Morgan fingerprint density at radius 1 is 1.04 bits per heavy atom. The number of alkyl halides is 3. The van der Waals surface area contributed by atoms with Gasteiger partial charge in [0.1, 0.15) is 0 Å². The Labute approximate surface area is 136 Å². The number of ketones is 1. The molecule has 0 saturated carbocycles. The first-order valence-corrected chi connectivity index (χ1v) is 7.14. The van der Waals surface area contributed by atoms with E-state index in [0.717, 1.165) is 24.3 Å². The zero-order valence-corrected chi connectivity index (χ0v) is 12.5. The molecule has 0 fully saturated rings. The molecule has 0 aliphatic carbocycles. The van der Waals surface area contributed by atoms with Crippen molar-refractivity contribution in [2.45, 2.75) is 18.5 Å². The molecule has 0 bridgehead atoms. The van der Waals surface area contributed by atoms with Crippen LogP contribution in [0.25, 0.3) is 0 Å². The number of benzene rings is 2. The summed E-state index contributed by atoms with van der Waals surface area (Å²) in [5.74, 6) is -1.06. The van der Waals surface area contributed by atoms with Gasteiger partial charge >= 0.3 is 6.18 Å². The highest BCUT2D eigenvalue weighted by atomic mass is 19.4. The molecule has 0 aromatic heterocycles. The number of nitrogens with zero attached hydrogens (tertiary/aromatic N) is 1. The molecule has 2 aromatic rings. The lowest BCUT2D eigenvalue weighted by molar-refractivity contribution is -0.483. The molecule has 126 valence electrons. The zero-order chi connectivity index (χ0) is 17.7. The topological polar surface area (TPSA) is 60.2 Å². The summed E-state index contributed by atoms with van der Waals surface area (Å²) in [6.45, 7) is -0.420. The van der Waals surface area contributed by atoms with Crippen molar-refractivity contribution in [1.29, 1.82) is 0 Å². The largest absolute Gasteiger partial charge is 0.416 e. The Morgan fingerprint density at radius 3 is 2.12 bits per heavy atom. The van der Waals surface area contributed by atoms with E-state index in [1.165, 1.54) is 0 Å². The van der Waals surface area contributed by atoms with E-state index >= 15 is 0 Å². The summed E-state index contributed by atoms with van der Waals surface area (Å²) in [5.41, 5.74) is -0.0920. The monoisotopic (exact) mass is 337 g/mol. The second kappa shape index (κ2) is 7.25. The van der Waals surface area contributed by atoms with Crippen molar-refractivity contribution in [2.75, 3.05) is 6.54 Å². The summed E-state index contributed by atoms with van der Waals surface area (Å²) in [6, 6.07) is 12.4. The maximum Gasteiger partial charge on any atom is 0.416 e. The highest BCUT2D eigenvalue weighted by Gasteiger charge is 2.30. The van der Waals surface area contributed by atoms with Crippen molar-refractivity contribution in [3.8, 4) is 0 Å². The number of carbonyl (C=O) groups is 1. The maximum absolute atomic E-state index is 12.5. The van der Waals surface area contributed by atoms with Crippen LogP contribution >= 0.6 is 0 Å². The summed E-state index contributed by atoms with van der Waals surface area (Å²) in [5, 5.41) is 10.8. The highest BCUT2D eigenvalue weighted by Crippen LogP contribution is 2.29. The van der Waals surface area contributed by atoms with Crippen LogP contribution in [0, 0.1) is 10.1 Å². The van der Waals surface area contributed by atoms with Crippen LogP contribution in [-0.2, 0) is 6.18 Å². The molecule has 24 heavy (non-hydrogen) atoms. The maximum atomic E-state index is 12.5. The minimum absolute atomic E-state index is 0.104. The number of rotatable bonds is 6. The lowest BCUT2D eigenvalue weighted by Gasteiger charge is -2.13. The molecular formula is C17H14F3NO3. The van der Waals surface area contributed by atoms with Gasteiger partial charge < -0.3 is 0 Å². The summed E-state index contributed by atoms with van der Waals surface area (Å²) < 4.78 is 37.6. The number of carbonyl (C=O) groups excluding carboxylic acids is 1. The van der Waals surface area contributed by atoms with Crippen LogP contribution in [0.15, 0.2) is 54.6 Å². The van der Waals surface area contributed by atoms with Gasteiger partial charge in [-0.15, -0.1) is 0 Å². The molecule has 4 nitrogen and oxygen atoms in total. The zero-order valence-electron chi connectivity index (χ0n) is 12.5. The molecule has 0 aliphatic heterocycles. The van der Waals surface area contributed by atoms with Gasteiger partial charge in [-0.1, -0.05) is 42.5 Å². The number of hydrogen-bond donors (Lipinski definition) is 0. The van der Waals surface area contributed by atoms with Crippen LogP contribution in [0.5, 0.6) is 0 Å². The van der Waals surface area contributed by atoms with Crippen LogP contribution in [-0.4, -0.2) is 17.3 Å². The number of nitro groups is 1. The fourth-order valence-corrected chi connectivity index (χ4v) is 2.38. The molecule has 0 amide bonds. The third-order valence-electron chi connectivity index (χ3n) is 3.61. The van der Waals surface area contributed by atoms with Crippen molar-refractivity contribution in [1.82, 2.24) is 0 Å². The van der Waals surface area contributed by atoms with Crippen molar-refractivity contribution < 1.29 is 22.9 Å². The van der Waals surface area contributed by atoms with Crippen molar-refractivity contribution >= 4 is 5.78 Å². The van der Waals surface area contributed by atoms with Gasteiger partial charge in [0, 0.05) is 16.9 Å². The fraction of sp³-hybridized carbons (Fsp3) is 0.235. The van der Waals surface area contributed by atoms with Gasteiger partial charge in [-0.05, 0) is 17.7 Å². The van der Waals surface area contributed by atoms with E-state index in [1.807, 2.05) is 0 Å². The molecule has 0 aliphatic rings. The molecule has 2 aromatic carbocycles. The molecular weight excluding hydrogens is 323 g/mol. The Kier molecular flexibility index (Phi) is 5.33. The van der Waals surface area contributed by atoms with Crippen LogP contribution in [0.4, 0.5) is 13.2 Å². The molecule has 7 heteroatoms. The SMILES string of the molecule is O=C(C[C@H](C[N+](=O)[O-])c1ccccc1)c1ccc(C(F)(F)F)cc1. The third-order valence-corrected chi connectivity index (χ3v) is 3.61. The summed E-state index contributed by atoms with van der Waals surface area (Å²) in [4.78, 5) is 22.6. The van der Waals surface area contributed by atoms with Crippen LogP contribution in [0.2, 0.25) is 0 Å². The van der Waals surface area contributed by atoms with Gasteiger partial charge in [-0.2, -0.15) is 13.2 Å². The normalized spacial score (nSPS) is 12.6. The van der Waals surface area contributed by atoms with E-state index in [9.17, 15) is 28.1 Å². The van der Waals surface area contributed by atoms with Gasteiger partial charge in [-0.25, -0.2) is 0 Å². The van der Waals surface area contributed by atoms with Crippen LogP contribution in [0.1, 0.15) is 33.8 Å². The van der Waals surface area contributed by atoms with E-state index in [0.29, 0.717) is 5.56 Å². The van der Waals surface area contributed by atoms with Crippen LogP contribution < -0.4 is 0 Å². The second-order valence-electron chi connectivity index (χ2n) is 5.33. The van der Waals surface area contributed by atoms with E-state index in [4.69, 9.17) is 0 Å². The lowest BCUT2D eigenvalue weighted by atomic mass is 9.91. The van der Waals surface area contributed by atoms with Gasteiger partial charge in [0.05, 0.1) is 11.5 Å².